The van der Waals surface area contributed by atoms with Crippen LogP contribution in [-0.4, -0.2) is 25.0 Å². The molecule has 0 saturated heterocycles. The van der Waals surface area contributed by atoms with Crippen LogP contribution >= 0.6 is 0 Å². The number of aromatic nitrogens is 4. The molecule has 0 radical (unpaired) electrons. The number of imidazole rings is 2. The summed E-state index contributed by atoms with van der Waals surface area (Å²) in [5, 5.41) is 3.07. The summed E-state index contributed by atoms with van der Waals surface area (Å²) in [6.45, 7) is 2.75. The number of amides is 1. The molecule has 1 atom stereocenters. The number of hydrogen-bond acceptors (Lipinski definition) is 3. The van der Waals surface area contributed by atoms with Gasteiger partial charge in [0.1, 0.15) is 5.82 Å². The van der Waals surface area contributed by atoms with Crippen LogP contribution in [0.1, 0.15) is 38.1 Å². The zero-order valence-corrected chi connectivity index (χ0v) is 12.0. The summed E-state index contributed by atoms with van der Waals surface area (Å²) in [4.78, 5) is 20.3. The van der Waals surface area contributed by atoms with Gasteiger partial charge in [-0.15, -0.1) is 0 Å². The van der Waals surface area contributed by atoms with E-state index < -0.39 is 0 Å². The van der Waals surface area contributed by atoms with Gasteiger partial charge in [-0.05, 0) is 6.42 Å². The number of carbonyl (C=O) groups is 1. The molecule has 6 heteroatoms. The molecule has 0 aliphatic heterocycles. The highest BCUT2D eigenvalue weighted by molar-refractivity contribution is 5.76. The Labute approximate surface area is 118 Å². The van der Waals surface area contributed by atoms with Crippen molar-refractivity contribution < 1.29 is 4.79 Å². The lowest BCUT2D eigenvalue weighted by Crippen LogP contribution is -2.30. The Balaban J connectivity index is 1.91. The smallest absolute Gasteiger partial charge is 0.222 e. The average molecular weight is 275 g/mol. The van der Waals surface area contributed by atoms with Crippen molar-refractivity contribution in [3.05, 3.63) is 36.9 Å². The predicted molar refractivity (Wildman–Crippen MR) is 75.8 cm³/mol. The Morgan fingerprint density at radius 1 is 1.40 bits per heavy atom. The first-order valence-corrected chi connectivity index (χ1v) is 6.93. The van der Waals surface area contributed by atoms with E-state index in [9.17, 15) is 4.79 Å². The van der Waals surface area contributed by atoms with Crippen molar-refractivity contribution >= 4 is 5.91 Å². The molecule has 1 amide bonds. The lowest BCUT2D eigenvalue weighted by Gasteiger charge is -2.18. The zero-order chi connectivity index (χ0) is 14.4. The van der Waals surface area contributed by atoms with E-state index in [-0.39, 0.29) is 11.9 Å². The second-order valence-corrected chi connectivity index (χ2v) is 4.86. The fourth-order valence-corrected chi connectivity index (χ4v) is 2.18. The monoisotopic (exact) mass is 275 g/mol. The van der Waals surface area contributed by atoms with Gasteiger partial charge < -0.3 is 14.5 Å². The number of carbonyl (C=O) groups excluding carboxylic acids is 1. The fraction of sp³-hybridized carbons (Fsp3) is 0.500. The van der Waals surface area contributed by atoms with Gasteiger partial charge in [-0.1, -0.05) is 13.3 Å². The van der Waals surface area contributed by atoms with E-state index in [2.05, 4.69) is 22.2 Å². The van der Waals surface area contributed by atoms with Crippen LogP contribution in [0.25, 0.3) is 0 Å². The minimum absolute atomic E-state index is 0.0183. The Bertz CT molecular complexity index is 532. The Morgan fingerprint density at radius 3 is 2.85 bits per heavy atom. The molecule has 0 fully saturated rings. The third kappa shape index (κ3) is 3.69. The first-order chi connectivity index (χ1) is 9.70. The maximum atomic E-state index is 12.0. The van der Waals surface area contributed by atoms with Crippen molar-refractivity contribution in [3.63, 3.8) is 0 Å². The van der Waals surface area contributed by atoms with Crippen molar-refractivity contribution in [2.75, 3.05) is 0 Å². The van der Waals surface area contributed by atoms with Gasteiger partial charge in [0.05, 0.1) is 12.4 Å². The summed E-state index contributed by atoms with van der Waals surface area (Å²) in [6, 6.07) is -0.0183. The molecule has 2 rings (SSSR count). The molecule has 0 aliphatic rings. The molecule has 0 aliphatic carbocycles. The number of rotatable bonds is 7. The molecule has 6 nitrogen and oxygen atoms in total. The first kappa shape index (κ1) is 14.3. The number of hydrogen-bond donors (Lipinski definition) is 1. The minimum Gasteiger partial charge on any atom is -0.346 e. The zero-order valence-electron chi connectivity index (χ0n) is 12.0. The number of nitrogens with zero attached hydrogens (tertiary/aromatic N) is 4. The Hall–Kier alpha value is -2.11. The number of nitrogens with one attached hydrogen (secondary N) is 1. The second kappa shape index (κ2) is 6.88. The van der Waals surface area contributed by atoms with Gasteiger partial charge in [-0.2, -0.15) is 0 Å². The summed E-state index contributed by atoms with van der Waals surface area (Å²) in [6.07, 6.45) is 11.3. The molecule has 0 aromatic carbocycles. The van der Waals surface area contributed by atoms with Gasteiger partial charge in [-0.3, -0.25) is 4.79 Å². The normalized spacial score (nSPS) is 12.3. The molecule has 0 spiro atoms. The molecular weight excluding hydrogens is 254 g/mol. The predicted octanol–water partition coefficient (Wildman–Crippen LogP) is 1.66. The largest absolute Gasteiger partial charge is 0.346 e. The number of aryl methyl sites for hydroxylation is 2. The summed E-state index contributed by atoms with van der Waals surface area (Å²) in [5.74, 6) is 0.947. The molecule has 2 heterocycles. The van der Waals surface area contributed by atoms with Crippen LogP contribution in [0.3, 0.4) is 0 Å². The first-order valence-electron chi connectivity index (χ1n) is 6.93. The molecule has 108 valence electrons. The van der Waals surface area contributed by atoms with Crippen LogP contribution in [0.4, 0.5) is 0 Å². The molecule has 0 saturated carbocycles. The van der Waals surface area contributed by atoms with Crippen molar-refractivity contribution in [2.45, 2.75) is 38.8 Å². The van der Waals surface area contributed by atoms with E-state index in [1.54, 1.807) is 18.7 Å². The van der Waals surface area contributed by atoms with Crippen LogP contribution in [-0.2, 0) is 18.4 Å². The molecule has 2 aromatic rings. The van der Waals surface area contributed by atoms with E-state index in [0.717, 1.165) is 18.7 Å². The minimum atomic E-state index is -0.0183. The highest BCUT2D eigenvalue weighted by atomic mass is 16.1. The Kier molecular flexibility index (Phi) is 4.92. The van der Waals surface area contributed by atoms with Gasteiger partial charge in [0.15, 0.2) is 0 Å². The fourth-order valence-electron chi connectivity index (χ4n) is 2.18. The average Bonchev–Trinajstić information content (AvgIpc) is 3.07. The molecule has 1 N–H and O–H groups in total. The van der Waals surface area contributed by atoms with Gasteiger partial charge in [-0.25, -0.2) is 9.97 Å². The van der Waals surface area contributed by atoms with Crippen LogP contribution in [0.2, 0.25) is 0 Å². The van der Waals surface area contributed by atoms with Crippen LogP contribution in [0.5, 0.6) is 0 Å². The molecule has 0 unspecified atom stereocenters. The molecular formula is C14H21N5O. The van der Waals surface area contributed by atoms with Gasteiger partial charge in [0.2, 0.25) is 5.91 Å². The topological polar surface area (TPSA) is 64.7 Å². The lowest BCUT2D eigenvalue weighted by atomic mass is 10.1. The Morgan fingerprint density at radius 2 is 2.25 bits per heavy atom. The van der Waals surface area contributed by atoms with Gasteiger partial charge in [0.25, 0.3) is 0 Å². The van der Waals surface area contributed by atoms with Crippen LogP contribution in [0, 0.1) is 0 Å². The van der Waals surface area contributed by atoms with E-state index in [1.165, 1.54) is 0 Å². The maximum Gasteiger partial charge on any atom is 0.222 e. The van der Waals surface area contributed by atoms with E-state index in [1.807, 2.05) is 28.6 Å². The molecule has 20 heavy (non-hydrogen) atoms. The summed E-state index contributed by atoms with van der Waals surface area (Å²) in [5.41, 5.74) is 0. The molecule has 2 aromatic heterocycles. The maximum absolute atomic E-state index is 12.0. The van der Waals surface area contributed by atoms with Crippen LogP contribution < -0.4 is 5.32 Å². The SMILES string of the molecule is CCC[C@H](NC(=O)CCn1ccnc1)c1nccn1C. The standard InChI is InChI=1S/C14H21N5O/c1-3-4-12(14-16-7-9-18(14)2)17-13(20)5-8-19-10-6-15-11-19/h6-7,9-12H,3-5,8H2,1-2H3,(H,17,20)/t12-/m0/s1. The van der Waals surface area contributed by atoms with Crippen molar-refractivity contribution in [1.29, 1.82) is 0 Å². The van der Waals surface area contributed by atoms with E-state index >= 15 is 0 Å². The van der Waals surface area contributed by atoms with Crippen LogP contribution in [0.15, 0.2) is 31.1 Å². The quantitative estimate of drug-likeness (QED) is 0.836. The van der Waals surface area contributed by atoms with E-state index in [4.69, 9.17) is 0 Å². The highest BCUT2D eigenvalue weighted by Gasteiger charge is 2.17. The van der Waals surface area contributed by atoms with E-state index in [0.29, 0.717) is 13.0 Å². The third-order valence-corrected chi connectivity index (χ3v) is 3.24. The second-order valence-electron chi connectivity index (χ2n) is 4.86. The van der Waals surface area contributed by atoms with Crippen molar-refractivity contribution in [1.82, 2.24) is 24.4 Å². The lowest BCUT2D eigenvalue weighted by molar-refractivity contribution is -0.122. The summed E-state index contributed by atoms with van der Waals surface area (Å²) in [7, 11) is 1.95. The highest BCUT2D eigenvalue weighted by Crippen LogP contribution is 2.16. The van der Waals surface area contributed by atoms with Gasteiger partial charge >= 0.3 is 0 Å². The van der Waals surface area contributed by atoms with Crippen molar-refractivity contribution in [3.8, 4) is 0 Å². The van der Waals surface area contributed by atoms with Gasteiger partial charge in [0, 0.05) is 44.8 Å². The molecule has 0 bridgehead atoms. The van der Waals surface area contributed by atoms with Crippen molar-refractivity contribution in [2.24, 2.45) is 7.05 Å². The third-order valence-electron chi connectivity index (χ3n) is 3.24. The summed E-state index contributed by atoms with van der Waals surface area (Å²) < 4.78 is 3.85. The summed E-state index contributed by atoms with van der Waals surface area (Å²) >= 11 is 0.